The van der Waals surface area contributed by atoms with Gasteiger partial charge in [0.1, 0.15) is 0 Å². The molecule has 0 aromatic carbocycles. The zero-order chi connectivity index (χ0) is 14.5. The number of anilines is 1. The normalized spacial score (nSPS) is 15.9. The summed E-state index contributed by atoms with van der Waals surface area (Å²) in [5.74, 6) is 0.514. The second-order valence-electron chi connectivity index (χ2n) is 5.14. The lowest BCUT2D eigenvalue weighted by Crippen LogP contribution is -2.37. The van der Waals surface area contributed by atoms with Gasteiger partial charge >= 0.3 is 5.97 Å². The SMILES string of the molecule is COCCN(c1nc(CC(=O)OC)cs1)C(C)C1CC1. The molecule has 1 aromatic heterocycles. The summed E-state index contributed by atoms with van der Waals surface area (Å²) in [6, 6.07) is 0.474. The minimum Gasteiger partial charge on any atom is -0.469 e. The quantitative estimate of drug-likeness (QED) is 0.688. The molecular weight excluding hydrogens is 276 g/mol. The number of thiazole rings is 1. The maximum absolute atomic E-state index is 11.3. The van der Waals surface area contributed by atoms with Crippen LogP contribution in [0.1, 0.15) is 25.5 Å². The summed E-state index contributed by atoms with van der Waals surface area (Å²) >= 11 is 1.59. The molecule has 0 bridgehead atoms. The van der Waals surface area contributed by atoms with Gasteiger partial charge in [0, 0.05) is 25.1 Å². The minimum atomic E-state index is -0.250. The van der Waals surface area contributed by atoms with Crippen LogP contribution in [0.15, 0.2) is 5.38 Å². The van der Waals surface area contributed by atoms with E-state index in [4.69, 9.17) is 4.74 Å². The predicted octanol–water partition coefficient (Wildman–Crippen LogP) is 2.11. The molecule has 1 heterocycles. The fourth-order valence-corrected chi connectivity index (χ4v) is 3.17. The fraction of sp³-hybridized carbons (Fsp3) is 0.714. The van der Waals surface area contributed by atoms with E-state index in [-0.39, 0.29) is 12.4 Å². The smallest absolute Gasteiger partial charge is 0.311 e. The van der Waals surface area contributed by atoms with Gasteiger partial charge in [0.15, 0.2) is 5.13 Å². The monoisotopic (exact) mass is 298 g/mol. The molecule has 20 heavy (non-hydrogen) atoms. The first kappa shape index (κ1) is 15.3. The summed E-state index contributed by atoms with van der Waals surface area (Å²) in [5, 5.41) is 2.91. The van der Waals surface area contributed by atoms with Crippen LogP contribution in [0, 0.1) is 5.92 Å². The highest BCUT2D eigenvalue weighted by Crippen LogP contribution is 2.37. The van der Waals surface area contributed by atoms with Crippen molar-refractivity contribution >= 4 is 22.4 Å². The minimum absolute atomic E-state index is 0.239. The number of hydrogen-bond acceptors (Lipinski definition) is 6. The molecule has 1 saturated carbocycles. The van der Waals surface area contributed by atoms with Crippen molar-refractivity contribution in [2.75, 3.05) is 32.3 Å². The lowest BCUT2D eigenvalue weighted by atomic mass is 10.2. The number of carbonyl (C=O) groups excluding carboxylic acids is 1. The summed E-state index contributed by atoms with van der Waals surface area (Å²) < 4.78 is 9.87. The molecule has 0 N–H and O–H groups in total. The van der Waals surface area contributed by atoms with E-state index in [1.54, 1.807) is 18.4 Å². The van der Waals surface area contributed by atoms with Crippen LogP contribution in [-0.4, -0.2) is 44.4 Å². The highest BCUT2D eigenvalue weighted by atomic mass is 32.1. The predicted molar refractivity (Wildman–Crippen MR) is 79.2 cm³/mol. The van der Waals surface area contributed by atoms with Crippen molar-refractivity contribution in [1.82, 2.24) is 4.98 Å². The molecule has 1 fully saturated rings. The maximum atomic E-state index is 11.3. The van der Waals surface area contributed by atoms with Gasteiger partial charge in [-0.1, -0.05) is 0 Å². The first-order valence-electron chi connectivity index (χ1n) is 6.92. The Morgan fingerprint density at radius 2 is 2.30 bits per heavy atom. The van der Waals surface area contributed by atoms with Crippen LogP contribution in [0.3, 0.4) is 0 Å². The average Bonchev–Trinajstić information content (AvgIpc) is 3.20. The topological polar surface area (TPSA) is 51.7 Å². The number of ether oxygens (including phenoxy) is 2. The molecule has 1 atom stereocenters. The van der Waals surface area contributed by atoms with E-state index in [1.165, 1.54) is 20.0 Å². The van der Waals surface area contributed by atoms with E-state index < -0.39 is 0 Å². The number of nitrogens with zero attached hydrogens (tertiary/aromatic N) is 2. The molecule has 112 valence electrons. The van der Waals surface area contributed by atoms with E-state index in [0.717, 1.165) is 23.3 Å². The largest absolute Gasteiger partial charge is 0.469 e. The number of esters is 1. The Labute approximate surface area is 123 Å². The van der Waals surface area contributed by atoms with Gasteiger partial charge in [-0.05, 0) is 25.7 Å². The van der Waals surface area contributed by atoms with Crippen LogP contribution >= 0.6 is 11.3 Å². The van der Waals surface area contributed by atoms with E-state index in [1.807, 2.05) is 5.38 Å². The Morgan fingerprint density at radius 3 is 2.90 bits per heavy atom. The highest BCUT2D eigenvalue weighted by Gasteiger charge is 2.33. The number of methoxy groups -OCH3 is 2. The third kappa shape index (κ3) is 3.93. The summed E-state index contributed by atoms with van der Waals surface area (Å²) in [6.45, 7) is 3.76. The van der Waals surface area contributed by atoms with Crippen LogP contribution in [0.4, 0.5) is 5.13 Å². The summed E-state index contributed by atoms with van der Waals surface area (Å²) in [4.78, 5) is 18.2. The second kappa shape index (κ2) is 7.04. The molecule has 0 amide bonds. The van der Waals surface area contributed by atoms with Crippen molar-refractivity contribution in [2.24, 2.45) is 5.92 Å². The van der Waals surface area contributed by atoms with Crippen LogP contribution in [0.25, 0.3) is 0 Å². The van der Waals surface area contributed by atoms with E-state index in [9.17, 15) is 4.79 Å². The third-order valence-corrected chi connectivity index (χ3v) is 4.60. The molecular formula is C14H22N2O3S. The number of carbonyl (C=O) groups is 1. The zero-order valence-electron chi connectivity index (χ0n) is 12.3. The highest BCUT2D eigenvalue weighted by molar-refractivity contribution is 7.13. The average molecular weight is 298 g/mol. The van der Waals surface area contributed by atoms with Gasteiger partial charge in [-0.15, -0.1) is 11.3 Å². The molecule has 2 rings (SSSR count). The third-order valence-electron chi connectivity index (χ3n) is 3.67. The Balaban J connectivity index is 2.05. The first-order chi connectivity index (χ1) is 9.65. The van der Waals surface area contributed by atoms with Crippen molar-refractivity contribution in [3.8, 4) is 0 Å². The van der Waals surface area contributed by atoms with E-state index >= 15 is 0 Å². The van der Waals surface area contributed by atoms with Gasteiger partial charge in [0.2, 0.25) is 0 Å². The second-order valence-corrected chi connectivity index (χ2v) is 5.98. The number of rotatable bonds is 8. The molecule has 1 aromatic rings. The summed E-state index contributed by atoms with van der Waals surface area (Å²) in [6.07, 6.45) is 2.83. The van der Waals surface area contributed by atoms with E-state index in [0.29, 0.717) is 12.6 Å². The van der Waals surface area contributed by atoms with Gasteiger partial charge in [0.05, 0.1) is 25.8 Å². The Kier molecular flexibility index (Phi) is 5.37. The molecule has 1 aliphatic carbocycles. The van der Waals surface area contributed by atoms with Gasteiger partial charge in [-0.3, -0.25) is 4.79 Å². The Morgan fingerprint density at radius 1 is 1.55 bits per heavy atom. The molecule has 0 aliphatic heterocycles. The van der Waals surface area contributed by atoms with Gasteiger partial charge < -0.3 is 14.4 Å². The molecule has 1 unspecified atom stereocenters. The Bertz CT molecular complexity index is 445. The van der Waals surface area contributed by atoms with Crippen LogP contribution in [0.2, 0.25) is 0 Å². The molecule has 5 nitrogen and oxygen atoms in total. The van der Waals surface area contributed by atoms with Crippen molar-refractivity contribution in [1.29, 1.82) is 0 Å². The molecule has 0 saturated heterocycles. The first-order valence-corrected chi connectivity index (χ1v) is 7.80. The molecule has 6 heteroatoms. The van der Waals surface area contributed by atoms with Crippen LogP contribution in [-0.2, 0) is 20.7 Å². The number of hydrogen-bond donors (Lipinski definition) is 0. The number of aromatic nitrogens is 1. The lowest BCUT2D eigenvalue weighted by molar-refractivity contribution is -0.139. The summed E-state index contributed by atoms with van der Waals surface area (Å²) in [5.41, 5.74) is 0.780. The van der Waals surface area contributed by atoms with Gasteiger partial charge in [-0.2, -0.15) is 0 Å². The van der Waals surface area contributed by atoms with Crippen molar-refractivity contribution < 1.29 is 14.3 Å². The standard InChI is InChI=1S/C14H22N2O3S/c1-10(11-4-5-11)16(6-7-18-2)14-15-12(9-20-14)8-13(17)19-3/h9-11H,4-8H2,1-3H3. The zero-order valence-corrected chi connectivity index (χ0v) is 13.1. The van der Waals surface area contributed by atoms with Crippen LogP contribution < -0.4 is 4.90 Å². The molecule has 0 spiro atoms. The van der Waals surface area contributed by atoms with Gasteiger partial charge in [0.25, 0.3) is 0 Å². The molecule has 1 aliphatic rings. The van der Waals surface area contributed by atoms with Crippen molar-refractivity contribution in [3.05, 3.63) is 11.1 Å². The van der Waals surface area contributed by atoms with Gasteiger partial charge in [-0.25, -0.2) is 4.98 Å². The van der Waals surface area contributed by atoms with Crippen molar-refractivity contribution in [3.63, 3.8) is 0 Å². The van der Waals surface area contributed by atoms with Crippen LogP contribution in [0.5, 0.6) is 0 Å². The lowest BCUT2D eigenvalue weighted by Gasteiger charge is -2.28. The molecule has 0 radical (unpaired) electrons. The fourth-order valence-electron chi connectivity index (χ4n) is 2.23. The summed E-state index contributed by atoms with van der Waals surface area (Å²) in [7, 11) is 3.11. The van der Waals surface area contributed by atoms with Crippen molar-refractivity contribution in [2.45, 2.75) is 32.2 Å². The Hall–Kier alpha value is -1.14. The van der Waals surface area contributed by atoms with E-state index in [2.05, 4.69) is 21.5 Å². The maximum Gasteiger partial charge on any atom is 0.311 e.